The van der Waals surface area contributed by atoms with Gasteiger partial charge in [-0.05, 0) is 52.9 Å². The summed E-state index contributed by atoms with van der Waals surface area (Å²) >= 11 is 3.65. The Morgan fingerprint density at radius 2 is 1.95 bits per heavy atom. The maximum Gasteiger partial charge on any atom is 0.253 e. The predicted molar refractivity (Wildman–Crippen MR) is 88.2 cm³/mol. The highest BCUT2D eigenvalue weighted by atomic mass is 79.9. The molecule has 5 heteroatoms. The quantitative estimate of drug-likeness (QED) is 0.875. The van der Waals surface area contributed by atoms with Gasteiger partial charge in [0.25, 0.3) is 5.91 Å². The SMILES string of the molecule is CN(CCO)C(=O)c1ccc(C(Br)=C2CCCCN2)cc1. The molecule has 0 unspecified atom stereocenters. The van der Waals surface area contributed by atoms with Crippen LogP contribution in [0.4, 0.5) is 0 Å². The van der Waals surface area contributed by atoms with E-state index in [2.05, 4.69) is 21.2 Å². The summed E-state index contributed by atoms with van der Waals surface area (Å²) in [5.74, 6) is -0.0739. The molecule has 2 N–H and O–H groups in total. The van der Waals surface area contributed by atoms with Crippen LogP contribution in [-0.4, -0.2) is 42.7 Å². The standard InChI is InChI=1S/C16H21BrN2O2/c1-19(10-11-20)16(21)13-7-5-12(6-8-13)15(17)14-4-2-3-9-18-14/h5-8,18,20H,2-4,9-11H2,1H3. The lowest BCUT2D eigenvalue weighted by atomic mass is 10.1. The van der Waals surface area contributed by atoms with Gasteiger partial charge in [0.15, 0.2) is 0 Å². The second-order valence-corrected chi connectivity index (χ2v) is 6.00. The number of allylic oxidation sites excluding steroid dienone is 1. The number of benzene rings is 1. The second-order valence-electron chi connectivity index (χ2n) is 5.20. The highest BCUT2D eigenvalue weighted by molar-refractivity contribution is 9.15. The summed E-state index contributed by atoms with van der Waals surface area (Å²) in [5.41, 5.74) is 2.94. The highest BCUT2D eigenvalue weighted by Gasteiger charge is 2.13. The fourth-order valence-corrected chi connectivity index (χ4v) is 2.95. The summed E-state index contributed by atoms with van der Waals surface area (Å²) in [7, 11) is 1.69. The van der Waals surface area contributed by atoms with E-state index in [1.807, 2.05) is 24.3 Å². The van der Waals surface area contributed by atoms with Crippen molar-refractivity contribution in [3.05, 3.63) is 41.1 Å². The third kappa shape index (κ3) is 4.08. The monoisotopic (exact) mass is 352 g/mol. The van der Waals surface area contributed by atoms with E-state index < -0.39 is 0 Å². The van der Waals surface area contributed by atoms with E-state index in [0.717, 1.165) is 23.0 Å². The number of carbonyl (C=O) groups excluding carboxylic acids is 1. The maximum absolute atomic E-state index is 12.1. The van der Waals surface area contributed by atoms with Gasteiger partial charge in [-0.1, -0.05) is 12.1 Å². The molecule has 0 bridgehead atoms. The van der Waals surface area contributed by atoms with Gasteiger partial charge in [-0.2, -0.15) is 0 Å². The Bertz CT molecular complexity index is 518. The number of carbonyl (C=O) groups is 1. The zero-order valence-electron chi connectivity index (χ0n) is 12.2. The Balaban J connectivity index is 2.13. The van der Waals surface area contributed by atoms with E-state index in [1.54, 1.807) is 7.05 Å². The molecule has 21 heavy (non-hydrogen) atoms. The number of piperidine rings is 1. The largest absolute Gasteiger partial charge is 0.395 e. The molecule has 1 heterocycles. The third-order valence-corrected chi connectivity index (χ3v) is 4.56. The van der Waals surface area contributed by atoms with Gasteiger partial charge < -0.3 is 15.3 Å². The average molecular weight is 353 g/mol. The Morgan fingerprint density at radius 3 is 2.52 bits per heavy atom. The molecular formula is C16H21BrN2O2. The van der Waals surface area contributed by atoms with Crippen LogP contribution in [0.2, 0.25) is 0 Å². The minimum atomic E-state index is -0.0739. The van der Waals surface area contributed by atoms with Gasteiger partial charge in [0.2, 0.25) is 0 Å². The number of hydrogen-bond donors (Lipinski definition) is 2. The van der Waals surface area contributed by atoms with Crippen LogP contribution in [0.25, 0.3) is 4.48 Å². The molecular weight excluding hydrogens is 332 g/mol. The first-order valence-electron chi connectivity index (χ1n) is 7.22. The van der Waals surface area contributed by atoms with Gasteiger partial charge in [0, 0.05) is 35.9 Å². The first-order valence-corrected chi connectivity index (χ1v) is 8.02. The first-order chi connectivity index (χ1) is 10.1. The predicted octanol–water partition coefficient (Wildman–Crippen LogP) is 2.59. The number of nitrogens with one attached hydrogen (secondary N) is 1. The molecule has 2 rings (SSSR count). The average Bonchev–Trinajstić information content (AvgIpc) is 2.54. The van der Waals surface area contributed by atoms with Gasteiger partial charge in [0.05, 0.1) is 6.61 Å². The lowest BCUT2D eigenvalue weighted by Gasteiger charge is -2.19. The second kappa shape index (κ2) is 7.61. The number of hydrogen-bond acceptors (Lipinski definition) is 3. The van der Waals surface area contributed by atoms with Crippen molar-refractivity contribution >= 4 is 26.3 Å². The molecule has 1 aromatic carbocycles. The summed E-state index contributed by atoms with van der Waals surface area (Å²) in [6.45, 7) is 1.34. The van der Waals surface area contributed by atoms with Gasteiger partial charge in [0.1, 0.15) is 0 Å². The Hall–Kier alpha value is -1.33. The van der Waals surface area contributed by atoms with Crippen molar-refractivity contribution in [2.45, 2.75) is 19.3 Å². The number of amides is 1. The zero-order chi connectivity index (χ0) is 15.2. The molecule has 1 aliphatic rings. The van der Waals surface area contributed by atoms with Gasteiger partial charge in [-0.3, -0.25) is 4.79 Å². The minimum Gasteiger partial charge on any atom is -0.395 e. The van der Waals surface area contributed by atoms with Crippen molar-refractivity contribution in [2.75, 3.05) is 26.7 Å². The van der Waals surface area contributed by atoms with Crippen LogP contribution in [0.15, 0.2) is 30.0 Å². The summed E-state index contributed by atoms with van der Waals surface area (Å²) < 4.78 is 1.07. The van der Waals surface area contributed by atoms with Crippen molar-refractivity contribution < 1.29 is 9.90 Å². The molecule has 0 saturated carbocycles. The number of likely N-dealkylation sites (N-methyl/N-ethyl adjacent to an activating group) is 1. The topological polar surface area (TPSA) is 52.6 Å². The lowest BCUT2D eigenvalue weighted by molar-refractivity contribution is 0.0767. The molecule has 114 valence electrons. The zero-order valence-corrected chi connectivity index (χ0v) is 13.8. The fourth-order valence-electron chi connectivity index (χ4n) is 2.35. The van der Waals surface area contributed by atoms with Crippen molar-refractivity contribution in [3.8, 4) is 0 Å². The summed E-state index contributed by atoms with van der Waals surface area (Å²) in [6, 6.07) is 7.56. The number of rotatable bonds is 4. The highest BCUT2D eigenvalue weighted by Crippen LogP contribution is 2.28. The fraction of sp³-hybridized carbons (Fsp3) is 0.438. The van der Waals surface area contributed by atoms with Crippen LogP contribution in [-0.2, 0) is 0 Å². The van der Waals surface area contributed by atoms with E-state index in [0.29, 0.717) is 12.1 Å². The summed E-state index contributed by atoms with van der Waals surface area (Å²) in [6.07, 6.45) is 3.48. The van der Waals surface area contributed by atoms with Crippen LogP contribution >= 0.6 is 15.9 Å². The van der Waals surface area contributed by atoms with E-state index in [-0.39, 0.29) is 12.5 Å². The molecule has 0 radical (unpaired) electrons. The van der Waals surface area contributed by atoms with Crippen molar-refractivity contribution in [2.24, 2.45) is 0 Å². The first kappa shape index (κ1) is 16.0. The van der Waals surface area contributed by atoms with Gasteiger partial charge in [-0.15, -0.1) is 0 Å². The van der Waals surface area contributed by atoms with Crippen molar-refractivity contribution in [3.63, 3.8) is 0 Å². The smallest absolute Gasteiger partial charge is 0.253 e. The summed E-state index contributed by atoms with van der Waals surface area (Å²) in [5, 5.41) is 12.3. The van der Waals surface area contributed by atoms with E-state index in [1.165, 1.54) is 23.4 Å². The van der Waals surface area contributed by atoms with E-state index in [4.69, 9.17) is 5.11 Å². The summed E-state index contributed by atoms with van der Waals surface area (Å²) in [4.78, 5) is 13.6. The molecule has 1 saturated heterocycles. The molecule has 1 fully saturated rings. The maximum atomic E-state index is 12.1. The van der Waals surface area contributed by atoms with Crippen LogP contribution in [0.3, 0.4) is 0 Å². The molecule has 1 aliphatic heterocycles. The van der Waals surface area contributed by atoms with Crippen LogP contribution in [0.1, 0.15) is 35.2 Å². The minimum absolute atomic E-state index is 0.0242. The van der Waals surface area contributed by atoms with Crippen LogP contribution < -0.4 is 5.32 Å². The molecule has 0 atom stereocenters. The van der Waals surface area contributed by atoms with Crippen molar-refractivity contribution in [1.29, 1.82) is 0 Å². The molecule has 0 spiro atoms. The molecule has 0 aromatic heterocycles. The number of nitrogens with zero attached hydrogens (tertiary/aromatic N) is 1. The number of aliphatic hydroxyl groups excluding tert-OH is 1. The Kier molecular flexibility index (Phi) is 5.82. The number of halogens is 1. The third-order valence-electron chi connectivity index (χ3n) is 3.62. The normalized spacial score (nSPS) is 17.1. The Labute approximate surface area is 134 Å². The van der Waals surface area contributed by atoms with Crippen LogP contribution in [0, 0.1) is 0 Å². The Morgan fingerprint density at radius 1 is 1.29 bits per heavy atom. The lowest BCUT2D eigenvalue weighted by Crippen LogP contribution is -2.29. The van der Waals surface area contributed by atoms with Crippen molar-refractivity contribution in [1.82, 2.24) is 10.2 Å². The molecule has 4 nitrogen and oxygen atoms in total. The van der Waals surface area contributed by atoms with Gasteiger partial charge >= 0.3 is 0 Å². The molecule has 1 aromatic rings. The van der Waals surface area contributed by atoms with E-state index >= 15 is 0 Å². The van der Waals surface area contributed by atoms with Gasteiger partial charge in [-0.25, -0.2) is 0 Å². The number of aliphatic hydroxyl groups is 1. The molecule has 0 aliphatic carbocycles. The van der Waals surface area contributed by atoms with Crippen LogP contribution in [0.5, 0.6) is 0 Å². The molecule has 1 amide bonds. The van der Waals surface area contributed by atoms with E-state index in [9.17, 15) is 4.79 Å².